The highest BCUT2D eigenvalue weighted by Crippen LogP contribution is 2.38. The maximum Gasteiger partial charge on any atom is 0.435 e. The third kappa shape index (κ3) is 4.14. The van der Waals surface area contributed by atoms with E-state index < -0.39 is 28.6 Å². The fourth-order valence-electron chi connectivity index (χ4n) is 2.29. The Morgan fingerprint density at radius 2 is 1.74 bits per heavy atom. The van der Waals surface area contributed by atoms with Gasteiger partial charge in [0.1, 0.15) is 9.88 Å². The predicted molar refractivity (Wildman–Crippen MR) is 93.9 cm³/mol. The molecule has 0 aliphatic rings. The van der Waals surface area contributed by atoms with Gasteiger partial charge in [-0.25, -0.2) is 9.78 Å². The number of benzene rings is 2. The van der Waals surface area contributed by atoms with Gasteiger partial charge in [-0.2, -0.15) is 13.2 Å². The first kappa shape index (κ1) is 18.6. The second-order valence-corrected chi connectivity index (χ2v) is 6.40. The van der Waals surface area contributed by atoms with E-state index in [9.17, 15) is 22.8 Å². The van der Waals surface area contributed by atoms with Crippen LogP contribution in [0.3, 0.4) is 0 Å². The Bertz CT molecular complexity index is 1000. The van der Waals surface area contributed by atoms with Gasteiger partial charge in [-0.15, -0.1) is 11.3 Å². The number of halogens is 3. The second-order valence-electron chi connectivity index (χ2n) is 5.40. The molecule has 0 spiro atoms. The molecule has 0 bridgehead atoms. The van der Waals surface area contributed by atoms with Crippen molar-refractivity contribution in [3.05, 3.63) is 70.7 Å². The van der Waals surface area contributed by atoms with Gasteiger partial charge in [0.25, 0.3) is 5.91 Å². The normalized spacial score (nSPS) is 11.2. The van der Waals surface area contributed by atoms with Crippen molar-refractivity contribution in [2.45, 2.75) is 6.18 Å². The molecule has 3 aromatic rings. The van der Waals surface area contributed by atoms with Crippen molar-refractivity contribution in [2.75, 3.05) is 5.32 Å². The minimum Gasteiger partial charge on any atom is -0.478 e. The molecule has 138 valence electrons. The summed E-state index contributed by atoms with van der Waals surface area (Å²) in [6.45, 7) is 0. The van der Waals surface area contributed by atoms with Crippen LogP contribution in [0.4, 0.5) is 18.9 Å². The summed E-state index contributed by atoms with van der Waals surface area (Å²) in [7, 11) is 0. The number of carboxylic acid groups (broad SMARTS) is 1. The molecule has 0 aliphatic heterocycles. The highest BCUT2D eigenvalue weighted by Gasteiger charge is 2.39. The number of rotatable bonds is 4. The van der Waals surface area contributed by atoms with Crippen molar-refractivity contribution in [3.63, 3.8) is 0 Å². The van der Waals surface area contributed by atoms with E-state index in [1.54, 1.807) is 30.3 Å². The number of aromatic nitrogens is 1. The molecule has 2 N–H and O–H groups in total. The lowest BCUT2D eigenvalue weighted by Gasteiger charge is -2.07. The summed E-state index contributed by atoms with van der Waals surface area (Å²) < 4.78 is 40.0. The smallest absolute Gasteiger partial charge is 0.435 e. The number of anilines is 1. The minimum absolute atomic E-state index is 0.0624. The molecule has 0 aliphatic carbocycles. The average Bonchev–Trinajstić information content (AvgIpc) is 3.09. The Hall–Kier alpha value is -3.20. The summed E-state index contributed by atoms with van der Waals surface area (Å²) in [6, 6.07) is 13.4. The van der Waals surface area contributed by atoms with Crippen molar-refractivity contribution in [3.8, 4) is 10.6 Å². The van der Waals surface area contributed by atoms with Crippen molar-refractivity contribution >= 4 is 28.9 Å². The summed E-state index contributed by atoms with van der Waals surface area (Å²) in [4.78, 5) is 26.4. The van der Waals surface area contributed by atoms with Crippen LogP contribution in [-0.4, -0.2) is 22.0 Å². The molecule has 9 heteroatoms. The van der Waals surface area contributed by atoms with Crippen molar-refractivity contribution in [2.24, 2.45) is 0 Å². The van der Waals surface area contributed by atoms with Gasteiger partial charge in [0.05, 0.1) is 5.56 Å². The van der Waals surface area contributed by atoms with Crippen LogP contribution in [0.15, 0.2) is 54.6 Å². The lowest BCUT2D eigenvalue weighted by molar-refractivity contribution is -0.141. The first-order valence-electron chi connectivity index (χ1n) is 7.54. The zero-order valence-corrected chi connectivity index (χ0v) is 14.3. The number of carbonyl (C=O) groups is 2. The fraction of sp³-hybridized carbons (Fsp3) is 0.0556. The number of thiazole rings is 1. The van der Waals surface area contributed by atoms with Crippen LogP contribution in [0.25, 0.3) is 10.6 Å². The quantitative estimate of drug-likeness (QED) is 0.670. The molecule has 2 aromatic carbocycles. The zero-order valence-electron chi connectivity index (χ0n) is 13.4. The van der Waals surface area contributed by atoms with Crippen LogP contribution in [-0.2, 0) is 6.18 Å². The second kappa shape index (κ2) is 7.20. The number of nitrogens with one attached hydrogen (secondary N) is 1. The number of aromatic carboxylic acids is 1. The predicted octanol–water partition coefficient (Wildman–Crippen LogP) is 4.78. The van der Waals surface area contributed by atoms with Gasteiger partial charge in [0.15, 0.2) is 5.69 Å². The molecule has 3 rings (SSSR count). The first-order chi connectivity index (χ1) is 12.8. The van der Waals surface area contributed by atoms with Crippen LogP contribution in [0.5, 0.6) is 0 Å². The molecule has 0 saturated carbocycles. The molecule has 5 nitrogen and oxygen atoms in total. The van der Waals surface area contributed by atoms with E-state index in [4.69, 9.17) is 5.11 Å². The molecule has 1 heterocycles. The number of nitrogens with zero attached hydrogens (tertiary/aromatic N) is 1. The molecular weight excluding hydrogens is 381 g/mol. The van der Waals surface area contributed by atoms with Gasteiger partial charge >= 0.3 is 12.1 Å². The Morgan fingerprint density at radius 1 is 1.04 bits per heavy atom. The Balaban J connectivity index is 1.97. The fourth-order valence-corrected chi connectivity index (χ4v) is 3.27. The van der Waals surface area contributed by atoms with Gasteiger partial charge in [-0.05, 0) is 18.2 Å². The third-order valence-corrected chi connectivity index (χ3v) is 4.59. The van der Waals surface area contributed by atoms with E-state index in [0.29, 0.717) is 16.9 Å². The van der Waals surface area contributed by atoms with Gasteiger partial charge in [-0.1, -0.05) is 36.4 Å². The van der Waals surface area contributed by atoms with E-state index in [1.807, 2.05) is 0 Å². The van der Waals surface area contributed by atoms with Crippen molar-refractivity contribution in [1.82, 2.24) is 4.98 Å². The van der Waals surface area contributed by atoms with Gasteiger partial charge in [0, 0.05) is 11.3 Å². The highest BCUT2D eigenvalue weighted by molar-refractivity contribution is 7.17. The van der Waals surface area contributed by atoms with Gasteiger partial charge in [0.2, 0.25) is 0 Å². The van der Waals surface area contributed by atoms with Crippen LogP contribution in [0, 0.1) is 0 Å². The van der Waals surface area contributed by atoms with Crippen LogP contribution >= 0.6 is 11.3 Å². The maximum atomic E-state index is 13.3. The lowest BCUT2D eigenvalue weighted by Crippen LogP contribution is -2.17. The summed E-state index contributed by atoms with van der Waals surface area (Å²) >= 11 is 0.618. The summed E-state index contributed by atoms with van der Waals surface area (Å²) in [5.74, 6) is -2.23. The number of carboxylic acids is 1. The standard InChI is InChI=1S/C18H11F3N2O3S/c19-18(20,21)14-13(27-16(23-14)10-5-2-1-3-6-10)15(24)22-12-8-4-7-11(9-12)17(25)26/h1-9H,(H,22,24)(H,25,26). The third-order valence-electron chi connectivity index (χ3n) is 3.49. The number of alkyl halides is 3. The van der Waals surface area contributed by atoms with Gasteiger partial charge in [-0.3, -0.25) is 4.79 Å². The van der Waals surface area contributed by atoms with Crippen LogP contribution < -0.4 is 5.32 Å². The zero-order chi connectivity index (χ0) is 19.6. The molecule has 0 fully saturated rings. The summed E-state index contributed by atoms with van der Waals surface area (Å²) in [6.07, 6.45) is -4.81. The molecule has 27 heavy (non-hydrogen) atoms. The minimum atomic E-state index is -4.81. The van der Waals surface area contributed by atoms with Crippen LogP contribution in [0.2, 0.25) is 0 Å². The molecule has 0 saturated heterocycles. The Kier molecular flexibility index (Phi) is 4.95. The highest BCUT2D eigenvalue weighted by atomic mass is 32.1. The van der Waals surface area contributed by atoms with Gasteiger partial charge < -0.3 is 10.4 Å². The van der Waals surface area contributed by atoms with E-state index in [2.05, 4.69) is 10.3 Å². The summed E-state index contributed by atoms with van der Waals surface area (Å²) in [5.41, 5.74) is -0.848. The monoisotopic (exact) mass is 392 g/mol. The number of hydrogen-bond acceptors (Lipinski definition) is 4. The van der Waals surface area contributed by atoms with E-state index in [1.165, 1.54) is 18.2 Å². The van der Waals surface area contributed by atoms with Crippen LogP contribution in [0.1, 0.15) is 25.7 Å². The Morgan fingerprint density at radius 3 is 2.37 bits per heavy atom. The number of carbonyl (C=O) groups excluding carboxylic acids is 1. The lowest BCUT2D eigenvalue weighted by atomic mass is 10.2. The van der Waals surface area contributed by atoms with E-state index >= 15 is 0 Å². The first-order valence-corrected chi connectivity index (χ1v) is 8.35. The van der Waals surface area contributed by atoms with E-state index in [-0.39, 0.29) is 16.3 Å². The van der Waals surface area contributed by atoms with Crippen molar-refractivity contribution in [1.29, 1.82) is 0 Å². The maximum absolute atomic E-state index is 13.3. The molecular formula is C18H11F3N2O3S. The average molecular weight is 392 g/mol. The number of hydrogen-bond donors (Lipinski definition) is 2. The SMILES string of the molecule is O=C(O)c1cccc(NC(=O)c2sc(-c3ccccc3)nc2C(F)(F)F)c1. The largest absolute Gasteiger partial charge is 0.478 e. The van der Waals surface area contributed by atoms with Crippen molar-refractivity contribution < 1.29 is 27.9 Å². The topological polar surface area (TPSA) is 79.3 Å². The molecule has 1 aromatic heterocycles. The summed E-state index contributed by atoms with van der Waals surface area (Å²) in [5, 5.41) is 11.3. The molecule has 0 unspecified atom stereocenters. The Labute approximate surface area is 155 Å². The molecule has 0 atom stereocenters. The number of amides is 1. The molecule has 0 radical (unpaired) electrons. The van der Waals surface area contributed by atoms with E-state index in [0.717, 1.165) is 6.07 Å². The molecule has 1 amide bonds.